The molecule has 3 nitrogen and oxygen atoms in total. The summed E-state index contributed by atoms with van der Waals surface area (Å²) in [5, 5.41) is 0. The summed E-state index contributed by atoms with van der Waals surface area (Å²) in [4.78, 5) is 13.5. The van der Waals surface area contributed by atoms with Crippen LogP contribution in [0.2, 0.25) is 0 Å². The molecule has 0 unspecified atom stereocenters. The molecule has 3 heteroatoms. The quantitative estimate of drug-likeness (QED) is 0.704. The Morgan fingerprint density at radius 2 is 2.13 bits per heavy atom. The molecule has 0 N–H and O–H groups in total. The maximum Gasteiger partial charge on any atom is 0.338 e. The van der Waals surface area contributed by atoms with Crippen LogP contribution in [0.1, 0.15) is 15.9 Å². The predicted octanol–water partition coefficient (Wildman–Crippen LogP) is 1.71. The molecule has 0 aliphatic rings. The smallest absolute Gasteiger partial charge is 0.338 e. The molecule has 0 aliphatic carbocycles. The van der Waals surface area contributed by atoms with Gasteiger partial charge < -0.3 is 9.64 Å². The number of carbonyl (C=O) groups excluding carboxylic acids is 1. The van der Waals surface area contributed by atoms with Crippen LogP contribution in [0.5, 0.6) is 0 Å². The number of likely N-dealkylation sites (N-methyl/N-ethyl adjacent to an activating group) is 1. The minimum atomic E-state index is -0.249. The Labute approximate surface area is 90.7 Å². The van der Waals surface area contributed by atoms with E-state index in [0.29, 0.717) is 12.2 Å². The Morgan fingerprint density at radius 3 is 2.73 bits per heavy atom. The van der Waals surface area contributed by atoms with Gasteiger partial charge in [-0.05, 0) is 33.2 Å². The average Bonchev–Trinajstić information content (AvgIpc) is 2.17. The van der Waals surface area contributed by atoms with Crippen molar-refractivity contribution in [3.05, 3.63) is 35.4 Å². The lowest BCUT2D eigenvalue weighted by atomic mass is 10.1. The van der Waals surface area contributed by atoms with E-state index in [9.17, 15) is 4.79 Å². The number of benzene rings is 1. The molecule has 0 fully saturated rings. The third-order valence-corrected chi connectivity index (χ3v) is 2.03. The topological polar surface area (TPSA) is 29.5 Å². The van der Waals surface area contributed by atoms with E-state index in [4.69, 9.17) is 4.74 Å². The minimum Gasteiger partial charge on any atom is -0.461 e. The van der Waals surface area contributed by atoms with Gasteiger partial charge in [0, 0.05) is 6.54 Å². The number of carbonyl (C=O) groups is 1. The third-order valence-electron chi connectivity index (χ3n) is 2.03. The molecule has 0 saturated heterocycles. The summed E-state index contributed by atoms with van der Waals surface area (Å²) in [5.74, 6) is -0.249. The first-order valence-corrected chi connectivity index (χ1v) is 4.98. The van der Waals surface area contributed by atoms with Crippen LogP contribution < -0.4 is 0 Å². The molecule has 0 atom stereocenters. The standard InChI is InChI=1S/C12H17NO2/c1-10-5-4-6-11(9-10)12(14)15-8-7-13(2)3/h4-6,9H,7-8H2,1-3H3. The van der Waals surface area contributed by atoms with Crippen LogP contribution in [0.25, 0.3) is 0 Å². The molecule has 82 valence electrons. The Morgan fingerprint density at radius 1 is 1.40 bits per heavy atom. The first kappa shape index (κ1) is 11.7. The molecule has 0 spiro atoms. The van der Waals surface area contributed by atoms with Crippen LogP contribution in [0.3, 0.4) is 0 Å². The lowest BCUT2D eigenvalue weighted by molar-refractivity contribution is 0.0482. The molecule has 1 aromatic carbocycles. The van der Waals surface area contributed by atoms with E-state index in [1.807, 2.05) is 44.1 Å². The zero-order valence-corrected chi connectivity index (χ0v) is 9.49. The highest BCUT2D eigenvalue weighted by Gasteiger charge is 2.06. The van der Waals surface area contributed by atoms with Crippen molar-refractivity contribution < 1.29 is 9.53 Å². The van der Waals surface area contributed by atoms with Gasteiger partial charge in [-0.3, -0.25) is 0 Å². The lowest BCUT2D eigenvalue weighted by Gasteiger charge is -2.09. The molecule has 0 aliphatic heterocycles. The summed E-state index contributed by atoms with van der Waals surface area (Å²) in [5.41, 5.74) is 1.69. The van der Waals surface area contributed by atoms with E-state index in [0.717, 1.165) is 12.1 Å². The van der Waals surface area contributed by atoms with Crippen molar-refractivity contribution in [1.82, 2.24) is 4.90 Å². The summed E-state index contributed by atoms with van der Waals surface area (Å²) in [6, 6.07) is 7.41. The zero-order valence-electron chi connectivity index (χ0n) is 9.49. The van der Waals surface area contributed by atoms with E-state index in [1.54, 1.807) is 6.07 Å². The number of hydrogen-bond acceptors (Lipinski definition) is 3. The largest absolute Gasteiger partial charge is 0.461 e. The highest BCUT2D eigenvalue weighted by Crippen LogP contribution is 2.05. The second kappa shape index (κ2) is 5.51. The molecule has 1 rings (SSSR count). The number of nitrogens with zero attached hydrogens (tertiary/aromatic N) is 1. The molecular formula is C12H17NO2. The van der Waals surface area contributed by atoms with E-state index in [2.05, 4.69) is 0 Å². The van der Waals surface area contributed by atoms with Crippen LogP contribution in [0.15, 0.2) is 24.3 Å². The van der Waals surface area contributed by atoms with Gasteiger partial charge in [0.05, 0.1) is 5.56 Å². The molecule has 0 bridgehead atoms. The number of hydrogen-bond donors (Lipinski definition) is 0. The van der Waals surface area contributed by atoms with Gasteiger partial charge in [-0.1, -0.05) is 17.7 Å². The summed E-state index contributed by atoms with van der Waals surface area (Å²) in [6.45, 7) is 3.13. The highest BCUT2D eigenvalue weighted by atomic mass is 16.5. The number of ether oxygens (including phenoxy) is 1. The van der Waals surface area contributed by atoms with E-state index < -0.39 is 0 Å². The number of aryl methyl sites for hydroxylation is 1. The Balaban J connectivity index is 2.47. The first-order valence-electron chi connectivity index (χ1n) is 4.98. The van der Waals surface area contributed by atoms with Crippen LogP contribution in [-0.4, -0.2) is 38.1 Å². The van der Waals surface area contributed by atoms with E-state index in [1.165, 1.54) is 0 Å². The van der Waals surface area contributed by atoms with Crippen molar-refractivity contribution in [2.45, 2.75) is 6.92 Å². The van der Waals surface area contributed by atoms with Gasteiger partial charge in [0.25, 0.3) is 0 Å². The van der Waals surface area contributed by atoms with Crippen molar-refractivity contribution in [1.29, 1.82) is 0 Å². The maximum atomic E-state index is 11.5. The Bertz CT molecular complexity index is 334. The maximum absolute atomic E-state index is 11.5. The van der Waals surface area contributed by atoms with Crippen molar-refractivity contribution >= 4 is 5.97 Å². The van der Waals surface area contributed by atoms with E-state index in [-0.39, 0.29) is 5.97 Å². The summed E-state index contributed by atoms with van der Waals surface area (Å²) >= 11 is 0. The van der Waals surface area contributed by atoms with Gasteiger partial charge >= 0.3 is 5.97 Å². The van der Waals surface area contributed by atoms with E-state index >= 15 is 0 Å². The number of rotatable bonds is 4. The Kier molecular flexibility index (Phi) is 4.31. The van der Waals surface area contributed by atoms with Gasteiger partial charge in [-0.2, -0.15) is 0 Å². The fourth-order valence-corrected chi connectivity index (χ4v) is 1.18. The summed E-state index contributed by atoms with van der Waals surface area (Å²) in [6.07, 6.45) is 0. The predicted molar refractivity (Wildman–Crippen MR) is 60.0 cm³/mol. The average molecular weight is 207 g/mol. The van der Waals surface area contributed by atoms with Crippen molar-refractivity contribution in [2.75, 3.05) is 27.2 Å². The second-order valence-corrected chi connectivity index (χ2v) is 3.81. The molecule has 0 aromatic heterocycles. The third kappa shape index (κ3) is 4.13. The van der Waals surface area contributed by atoms with Crippen molar-refractivity contribution in [3.63, 3.8) is 0 Å². The van der Waals surface area contributed by atoms with Crippen LogP contribution >= 0.6 is 0 Å². The lowest BCUT2D eigenvalue weighted by Crippen LogP contribution is -2.20. The van der Waals surface area contributed by atoms with Gasteiger partial charge in [0.2, 0.25) is 0 Å². The highest BCUT2D eigenvalue weighted by molar-refractivity contribution is 5.89. The van der Waals surface area contributed by atoms with Crippen molar-refractivity contribution in [2.24, 2.45) is 0 Å². The van der Waals surface area contributed by atoms with Gasteiger partial charge in [0.1, 0.15) is 6.61 Å². The van der Waals surface area contributed by atoms with Gasteiger partial charge in [0.15, 0.2) is 0 Å². The molecular weight excluding hydrogens is 190 g/mol. The molecule has 0 radical (unpaired) electrons. The molecule has 0 heterocycles. The molecule has 1 aromatic rings. The SMILES string of the molecule is Cc1cccc(C(=O)OCCN(C)C)c1. The molecule has 0 saturated carbocycles. The van der Waals surface area contributed by atoms with Gasteiger partial charge in [-0.25, -0.2) is 4.79 Å². The summed E-state index contributed by atoms with van der Waals surface area (Å²) < 4.78 is 5.11. The first-order chi connectivity index (χ1) is 7.09. The number of esters is 1. The monoisotopic (exact) mass is 207 g/mol. The zero-order chi connectivity index (χ0) is 11.3. The van der Waals surface area contributed by atoms with Crippen LogP contribution in [0.4, 0.5) is 0 Å². The molecule has 15 heavy (non-hydrogen) atoms. The van der Waals surface area contributed by atoms with Crippen LogP contribution in [-0.2, 0) is 4.74 Å². The van der Waals surface area contributed by atoms with Gasteiger partial charge in [-0.15, -0.1) is 0 Å². The van der Waals surface area contributed by atoms with Crippen molar-refractivity contribution in [3.8, 4) is 0 Å². The summed E-state index contributed by atoms with van der Waals surface area (Å²) in [7, 11) is 3.89. The molecule has 0 amide bonds. The van der Waals surface area contributed by atoms with Crippen LogP contribution in [0, 0.1) is 6.92 Å². The second-order valence-electron chi connectivity index (χ2n) is 3.81. The minimum absolute atomic E-state index is 0.249. The normalized spacial score (nSPS) is 10.4. The fourth-order valence-electron chi connectivity index (χ4n) is 1.18. The Hall–Kier alpha value is -1.35. The fraction of sp³-hybridized carbons (Fsp3) is 0.417.